The summed E-state index contributed by atoms with van der Waals surface area (Å²) in [6.07, 6.45) is 1.20. The molecule has 4 amide bonds. The van der Waals surface area contributed by atoms with E-state index >= 15 is 0 Å². The molecule has 0 fully saturated rings. The summed E-state index contributed by atoms with van der Waals surface area (Å²) in [5.41, 5.74) is 3.46. The number of nitrogens with zero attached hydrogens (tertiary/aromatic N) is 1. The second-order valence-electron chi connectivity index (χ2n) is 6.67. The van der Waals surface area contributed by atoms with E-state index in [-0.39, 0.29) is 18.8 Å². The molecule has 33 heavy (non-hydrogen) atoms. The first-order chi connectivity index (χ1) is 16.0. The average Bonchev–Trinajstić information content (AvgIpc) is 3.29. The third-order valence-corrected chi connectivity index (χ3v) is 4.20. The van der Waals surface area contributed by atoms with Crippen molar-refractivity contribution in [2.45, 2.75) is 13.1 Å². The molecule has 10 heteroatoms. The summed E-state index contributed by atoms with van der Waals surface area (Å²) in [6.45, 7) is 0.191. The van der Waals surface area contributed by atoms with Gasteiger partial charge in [0.15, 0.2) is 0 Å². The second kappa shape index (κ2) is 11.6. The fraction of sp³-hybridized carbons (Fsp3) is 0.0870. The SMILES string of the molecule is O=C(NCc1ccccc1)C(=O)N/N=C/c1ccc(CNC(=O)C(=O)Nc2ccccc2)o1. The molecule has 0 radical (unpaired) electrons. The van der Waals surface area contributed by atoms with Gasteiger partial charge in [0.1, 0.15) is 11.5 Å². The van der Waals surface area contributed by atoms with Crippen LogP contribution in [0.25, 0.3) is 0 Å². The monoisotopic (exact) mass is 447 g/mol. The van der Waals surface area contributed by atoms with E-state index in [2.05, 4.69) is 26.5 Å². The highest BCUT2D eigenvalue weighted by atomic mass is 16.3. The number of furan rings is 1. The zero-order valence-corrected chi connectivity index (χ0v) is 17.4. The van der Waals surface area contributed by atoms with Crippen LogP contribution in [0.3, 0.4) is 0 Å². The first-order valence-electron chi connectivity index (χ1n) is 9.89. The maximum Gasteiger partial charge on any atom is 0.329 e. The summed E-state index contributed by atoms with van der Waals surface area (Å²) in [5, 5.41) is 11.1. The number of carbonyl (C=O) groups excluding carboxylic acids is 4. The highest BCUT2D eigenvalue weighted by Gasteiger charge is 2.14. The van der Waals surface area contributed by atoms with Gasteiger partial charge in [0.2, 0.25) is 0 Å². The first-order valence-corrected chi connectivity index (χ1v) is 9.89. The van der Waals surface area contributed by atoms with Gasteiger partial charge in [-0.2, -0.15) is 5.10 Å². The highest BCUT2D eigenvalue weighted by molar-refractivity contribution is 6.39. The number of hydrogen-bond acceptors (Lipinski definition) is 6. The van der Waals surface area contributed by atoms with E-state index in [1.807, 2.05) is 30.3 Å². The van der Waals surface area contributed by atoms with Crippen LogP contribution < -0.4 is 21.4 Å². The molecule has 0 aliphatic heterocycles. The van der Waals surface area contributed by atoms with Crippen molar-refractivity contribution in [2.75, 3.05) is 5.32 Å². The Bertz CT molecular complexity index is 1140. The molecule has 4 N–H and O–H groups in total. The van der Waals surface area contributed by atoms with Crippen LogP contribution in [0, 0.1) is 0 Å². The van der Waals surface area contributed by atoms with Crippen LogP contribution >= 0.6 is 0 Å². The van der Waals surface area contributed by atoms with Gasteiger partial charge in [-0.25, -0.2) is 5.43 Å². The van der Waals surface area contributed by atoms with Crippen LogP contribution in [-0.4, -0.2) is 29.8 Å². The number of benzene rings is 2. The summed E-state index contributed by atoms with van der Waals surface area (Å²) in [7, 11) is 0. The molecule has 1 heterocycles. The Morgan fingerprint density at radius 1 is 0.727 bits per heavy atom. The Labute approximate surface area is 189 Å². The molecule has 0 atom stereocenters. The predicted octanol–water partition coefficient (Wildman–Crippen LogP) is 1.30. The third-order valence-electron chi connectivity index (χ3n) is 4.20. The van der Waals surface area contributed by atoms with Crippen molar-refractivity contribution >= 4 is 35.5 Å². The molecular formula is C23H21N5O5. The van der Waals surface area contributed by atoms with Crippen LogP contribution in [0.15, 0.2) is 82.3 Å². The lowest BCUT2D eigenvalue weighted by Crippen LogP contribution is -2.37. The Morgan fingerprint density at radius 2 is 1.36 bits per heavy atom. The lowest BCUT2D eigenvalue weighted by atomic mass is 10.2. The summed E-state index contributed by atoms with van der Waals surface area (Å²) in [4.78, 5) is 47.4. The lowest BCUT2D eigenvalue weighted by molar-refractivity contribution is -0.139. The number of carbonyl (C=O) groups is 4. The smallest absolute Gasteiger partial charge is 0.329 e. The molecule has 0 aliphatic carbocycles. The molecule has 168 valence electrons. The largest absolute Gasteiger partial charge is 0.458 e. The molecule has 0 saturated heterocycles. The number of hydrazone groups is 1. The second-order valence-corrected chi connectivity index (χ2v) is 6.67. The van der Waals surface area contributed by atoms with Gasteiger partial charge in [-0.1, -0.05) is 48.5 Å². The van der Waals surface area contributed by atoms with Crippen LogP contribution in [0.1, 0.15) is 17.1 Å². The van der Waals surface area contributed by atoms with Gasteiger partial charge in [0.05, 0.1) is 12.8 Å². The van der Waals surface area contributed by atoms with Crippen LogP contribution in [0.4, 0.5) is 5.69 Å². The number of para-hydroxylation sites is 1. The van der Waals surface area contributed by atoms with Crippen molar-refractivity contribution in [3.8, 4) is 0 Å². The maximum absolute atomic E-state index is 11.9. The van der Waals surface area contributed by atoms with Gasteiger partial charge in [-0.15, -0.1) is 0 Å². The van der Waals surface area contributed by atoms with Gasteiger partial charge in [0.25, 0.3) is 0 Å². The van der Waals surface area contributed by atoms with Crippen LogP contribution in [-0.2, 0) is 32.3 Å². The lowest BCUT2D eigenvalue weighted by Gasteiger charge is -2.05. The minimum absolute atomic E-state index is 0.0247. The molecular weight excluding hydrogens is 426 g/mol. The number of nitrogens with one attached hydrogen (secondary N) is 4. The van der Waals surface area contributed by atoms with Gasteiger partial charge in [-0.05, 0) is 29.8 Å². The van der Waals surface area contributed by atoms with Crippen molar-refractivity contribution in [3.63, 3.8) is 0 Å². The van der Waals surface area contributed by atoms with E-state index in [1.165, 1.54) is 6.21 Å². The molecule has 0 bridgehead atoms. The molecule has 0 spiro atoms. The zero-order valence-electron chi connectivity index (χ0n) is 17.4. The van der Waals surface area contributed by atoms with Crippen molar-refractivity contribution in [2.24, 2.45) is 5.10 Å². The standard InChI is InChI=1S/C23H21N5O5/c29-20(22(31)27-17-9-5-2-6-10-17)25-14-18-11-12-19(33-18)15-26-28-23(32)21(30)24-13-16-7-3-1-4-8-16/h1-12,15H,13-14H2,(H,24,30)(H,25,29)(H,27,31)(H,28,32)/b26-15+. The van der Waals surface area contributed by atoms with Crippen LogP contribution in [0.5, 0.6) is 0 Å². The Balaban J connectivity index is 1.39. The Kier molecular flexibility index (Phi) is 8.07. The molecule has 3 rings (SSSR count). The molecule has 0 saturated carbocycles. The number of anilines is 1. The number of hydrogen-bond donors (Lipinski definition) is 4. The summed E-state index contributed by atoms with van der Waals surface area (Å²) in [5.74, 6) is -2.73. The fourth-order valence-corrected chi connectivity index (χ4v) is 2.58. The van der Waals surface area contributed by atoms with Crippen LogP contribution in [0.2, 0.25) is 0 Å². The minimum Gasteiger partial charge on any atom is -0.458 e. The topological polar surface area (TPSA) is 142 Å². The fourth-order valence-electron chi connectivity index (χ4n) is 2.58. The first kappa shape index (κ1) is 22.9. The van der Waals surface area contributed by atoms with E-state index in [4.69, 9.17) is 4.42 Å². The Hall–Kier alpha value is -4.73. The van der Waals surface area contributed by atoms with Gasteiger partial charge in [0, 0.05) is 12.2 Å². The van der Waals surface area contributed by atoms with Crippen molar-refractivity contribution < 1.29 is 23.6 Å². The zero-order chi connectivity index (χ0) is 23.5. The molecule has 2 aromatic carbocycles. The van der Waals surface area contributed by atoms with E-state index in [1.54, 1.807) is 42.5 Å². The summed E-state index contributed by atoms with van der Waals surface area (Å²) in [6, 6.07) is 20.9. The molecule has 3 aromatic rings. The van der Waals surface area contributed by atoms with Gasteiger partial charge in [-0.3, -0.25) is 19.2 Å². The summed E-state index contributed by atoms with van der Waals surface area (Å²) >= 11 is 0. The van der Waals surface area contributed by atoms with E-state index < -0.39 is 23.6 Å². The number of rotatable bonds is 7. The maximum atomic E-state index is 11.9. The van der Waals surface area contributed by atoms with E-state index in [9.17, 15) is 19.2 Å². The quantitative estimate of drug-likeness (QED) is 0.245. The predicted molar refractivity (Wildman–Crippen MR) is 120 cm³/mol. The molecule has 0 unspecified atom stereocenters. The van der Waals surface area contributed by atoms with Gasteiger partial charge < -0.3 is 20.4 Å². The molecule has 0 aliphatic rings. The Morgan fingerprint density at radius 3 is 2.09 bits per heavy atom. The number of amides is 4. The van der Waals surface area contributed by atoms with Crippen molar-refractivity contribution in [1.29, 1.82) is 0 Å². The van der Waals surface area contributed by atoms with E-state index in [0.29, 0.717) is 11.4 Å². The average molecular weight is 447 g/mol. The van der Waals surface area contributed by atoms with Crippen molar-refractivity contribution in [1.82, 2.24) is 16.1 Å². The van der Waals surface area contributed by atoms with E-state index in [0.717, 1.165) is 5.56 Å². The highest BCUT2D eigenvalue weighted by Crippen LogP contribution is 2.06. The molecule has 10 nitrogen and oxygen atoms in total. The normalized spacial score (nSPS) is 10.4. The third kappa shape index (κ3) is 7.47. The molecule has 1 aromatic heterocycles. The summed E-state index contributed by atoms with van der Waals surface area (Å²) < 4.78 is 5.43. The van der Waals surface area contributed by atoms with Gasteiger partial charge >= 0.3 is 23.6 Å². The minimum atomic E-state index is -0.925. The van der Waals surface area contributed by atoms with Crippen molar-refractivity contribution in [3.05, 3.63) is 89.9 Å².